The maximum atomic E-state index is 12.0. The van der Waals surface area contributed by atoms with Crippen molar-refractivity contribution in [3.8, 4) is 5.75 Å². The molecule has 94 valence electrons. The Hall–Kier alpha value is -1.91. The second-order valence-electron chi connectivity index (χ2n) is 4.75. The van der Waals surface area contributed by atoms with Crippen LogP contribution in [0, 0.1) is 5.92 Å². The Kier molecular flexibility index (Phi) is 2.74. The molecule has 18 heavy (non-hydrogen) atoms. The zero-order chi connectivity index (χ0) is 12.5. The number of ether oxygens (including phenoxy) is 1. The van der Waals surface area contributed by atoms with Crippen LogP contribution in [0.25, 0.3) is 0 Å². The number of pyridine rings is 1. The van der Waals surface area contributed by atoms with Crippen LogP contribution in [0.5, 0.6) is 5.75 Å². The van der Waals surface area contributed by atoms with E-state index in [2.05, 4.69) is 10.3 Å². The van der Waals surface area contributed by atoms with Crippen molar-refractivity contribution < 1.29 is 14.3 Å². The molecular formula is C13H14N2O3. The molecule has 0 radical (unpaired) electrons. The number of amides is 1. The number of carbonyl (C=O) groups excluding carboxylic acids is 2. The van der Waals surface area contributed by atoms with Crippen molar-refractivity contribution in [2.45, 2.75) is 31.8 Å². The number of carbonyl (C=O) groups is 2. The predicted octanol–water partition coefficient (Wildman–Crippen LogP) is 1.54. The fourth-order valence-electron chi connectivity index (χ4n) is 2.53. The van der Waals surface area contributed by atoms with Crippen molar-refractivity contribution in [2.24, 2.45) is 5.92 Å². The van der Waals surface area contributed by atoms with Crippen molar-refractivity contribution in [3.63, 3.8) is 0 Å². The van der Waals surface area contributed by atoms with Crippen molar-refractivity contribution >= 4 is 17.5 Å². The average Bonchev–Trinajstić information content (AvgIpc) is 2.39. The van der Waals surface area contributed by atoms with E-state index in [1.165, 1.54) is 0 Å². The number of anilines is 1. The highest BCUT2D eigenvalue weighted by Gasteiger charge is 2.36. The summed E-state index contributed by atoms with van der Waals surface area (Å²) in [5, 5.41) is 2.76. The fourth-order valence-corrected chi connectivity index (χ4v) is 2.53. The zero-order valence-corrected chi connectivity index (χ0v) is 9.89. The van der Waals surface area contributed by atoms with Gasteiger partial charge < -0.3 is 10.1 Å². The molecule has 2 heterocycles. The zero-order valence-electron chi connectivity index (χ0n) is 9.89. The highest BCUT2D eigenvalue weighted by molar-refractivity contribution is 5.97. The van der Waals surface area contributed by atoms with Gasteiger partial charge in [-0.15, -0.1) is 0 Å². The minimum absolute atomic E-state index is 0.121. The van der Waals surface area contributed by atoms with Gasteiger partial charge in [0.05, 0.1) is 0 Å². The molecule has 5 nitrogen and oxygen atoms in total. The smallest absolute Gasteiger partial charge is 0.266 e. The molecule has 1 N–H and O–H groups in total. The largest absolute Gasteiger partial charge is 0.476 e. The maximum Gasteiger partial charge on any atom is 0.266 e. The number of aromatic nitrogens is 1. The van der Waals surface area contributed by atoms with Crippen molar-refractivity contribution in [1.82, 2.24) is 4.98 Å². The number of Topliss-reactive ketones (excluding diaryl/α,β-unsaturated/α-hetero) is 1. The van der Waals surface area contributed by atoms with Gasteiger partial charge in [-0.25, -0.2) is 4.98 Å². The van der Waals surface area contributed by atoms with E-state index in [9.17, 15) is 9.59 Å². The lowest BCUT2D eigenvalue weighted by Crippen LogP contribution is -2.44. The summed E-state index contributed by atoms with van der Waals surface area (Å²) >= 11 is 0. The van der Waals surface area contributed by atoms with Crippen LogP contribution in [0.2, 0.25) is 0 Å². The number of nitrogens with zero attached hydrogens (tertiary/aromatic N) is 1. The highest BCUT2D eigenvalue weighted by atomic mass is 16.5. The molecule has 1 amide bonds. The lowest BCUT2D eigenvalue weighted by atomic mass is 9.84. The molecule has 5 heteroatoms. The number of hydrogen-bond acceptors (Lipinski definition) is 4. The van der Waals surface area contributed by atoms with Crippen molar-refractivity contribution in [1.29, 1.82) is 0 Å². The van der Waals surface area contributed by atoms with Crippen LogP contribution in [0.15, 0.2) is 18.3 Å². The van der Waals surface area contributed by atoms with E-state index in [4.69, 9.17) is 4.74 Å². The van der Waals surface area contributed by atoms with E-state index in [1.807, 2.05) is 0 Å². The molecule has 1 unspecified atom stereocenters. The summed E-state index contributed by atoms with van der Waals surface area (Å²) in [6.45, 7) is 0. The van der Waals surface area contributed by atoms with Gasteiger partial charge in [0.2, 0.25) is 0 Å². The van der Waals surface area contributed by atoms with Gasteiger partial charge in [0.1, 0.15) is 5.78 Å². The topological polar surface area (TPSA) is 68.3 Å². The Bertz CT molecular complexity index is 491. The van der Waals surface area contributed by atoms with Gasteiger partial charge in [0.15, 0.2) is 17.7 Å². The van der Waals surface area contributed by atoms with Gasteiger partial charge >= 0.3 is 0 Å². The van der Waals surface area contributed by atoms with Crippen molar-refractivity contribution in [3.05, 3.63) is 18.3 Å². The Balaban J connectivity index is 1.78. The Morgan fingerprint density at radius 2 is 2.06 bits per heavy atom. The Labute approximate surface area is 105 Å². The summed E-state index contributed by atoms with van der Waals surface area (Å²) in [5.41, 5.74) is 0. The number of fused-ring (bicyclic) bond motifs is 1. The molecule has 2 aliphatic rings. The second kappa shape index (κ2) is 4.40. The SMILES string of the molecule is O=C1CCC(C2Oc3cccnc3NC2=O)CC1. The second-order valence-corrected chi connectivity index (χ2v) is 4.75. The molecule has 1 aromatic heterocycles. The standard InChI is InChI=1S/C13H14N2O3/c16-9-5-3-8(4-6-9)11-13(17)15-12-10(18-11)2-1-7-14-12/h1-2,7-8,11H,3-6H2,(H,14,15,17). The quantitative estimate of drug-likeness (QED) is 0.816. The van der Waals surface area contributed by atoms with Crippen LogP contribution in [-0.2, 0) is 9.59 Å². The van der Waals surface area contributed by atoms with Crippen LogP contribution < -0.4 is 10.1 Å². The van der Waals surface area contributed by atoms with Crippen LogP contribution in [-0.4, -0.2) is 22.8 Å². The summed E-state index contributed by atoms with van der Waals surface area (Å²) < 4.78 is 5.73. The molecular weight excluding hydrogens is 232 g/mol. The lowest BCUT2D eigenvalue weighted by Gasteiger charge is -2.32. The third kappa shape index (κ3) is 1.96. The van der Waals surface area contributed by atoms with E-state index in [0.717, 1.165) is 12.8 Å². The van der Waals surface area contributed by atoms with Gasteiger partial charge in [0, 0.05) is 25.0 Å². The number of hydrogen-bond donors (Lipinski definition) is 1. The van der Waals surface area contributed by atoms with Gasteiger partial charge in [-0.1, -0.05) is 0 Å². The van der Waals surface area contributed by atoms with E-state index in [0.29, 0.717) is 24.4 Å². The van der Waals surface area contributed by atoms with Gasteiger partial charge in [-0.05, 0) is 25.0 Å². The highest BCUT2D eigenvalue weighted by Crippen LogP contribution is 2.33. The molecule has 0 bridgehead atoms. The predicted molar refractivity (Wildman–Crippen MR) is 64.2 cm³/mol. The monoisotopic (exact) mass is 246 g/mol. The van der Waals surface area contributed by atoms with E-state index in [-0.39, 0.29) is 17.6 Å². The summed E-state index contributed by atoms with van der Waals surface area (Å²) in [6, 6.07) is 3.57. The molecule has 1 saturated carbocycles. The molecule has 1 aromatic rings. The molecule has 0 spiro atoms. The Morgan fingerprint density at radius 3 is 2.83 bits per heavy atom. The third-order valence-corrected chi connectivity index (χ3v) is 3.54. The molecule has 0 aromatic carbocycles. The number of rotatable bonds is 1. The minimum atomic E-state index is -0.491. The van der Waals surface area contributed by atoms with E-state index >= 15 is 0 Å². The first kappa shape index (κ1) is 11.2. The van der Waals surface area contributed by atoms with E-state index in [1.54, 1.807) is 18.3 Å². The first-order chi connectivity index (χ1) is 8.74. The van der Waals surface area contributed by atoms with Crippen LogP contribution in [0.4, 0.5) is 5.82 Å². The lowest BCUT2D eigenvalue weighted by molar-refractivity contribution is -0.129. The van der Waals surface area contributed by atoms with E-state index < -0.39 is 6.10 Å². The number of nitrogens with one attached hydrogen (secondary N) is 1. The first-order valence-corrected chi connectivity index (χ1v) is 6.18. The van der Waals surface area contributed by atoms with Gasteiger partial charge in [-0.2, -0.15) is 0 Å². The normalized spacial score (nSPS) is 24.1. The fraction of sp³-hybridized carbons (Fsp3) is 0.462. The summed E-state index contributed by atoms with van der Waals surface area (Å²) in [4.78, 5) is 27.2. The third-order valence-electron chi connectivity index (χ3n) is 3.54. The first-order valence-electron chi connectivity index (χ1n) is 6.18. The molecule has 1 fully saturated rings. The van der Waals surface area contributed by atoms with Crippen molar-refractivity contribution in [2.75, 3.05) is 5.32 Å². The number of ketones is 1. The summed E-state index contributed by atoms with van der Waals surface area (Å²) in [7, 11) is 0. The molecule has 1 atom stereocenters. The molecule has 0 saturated heterocycles. The summed E-state index contributed by atoms with van der Waals surface area (Å²) in [6.07, 6.45) is 3.69. The maximum absolute atomic E-state index is 12.0. The molecule has 3 rings (SSSR count). The Morgan fingerprint density at radius 1 is 1.28 bits per heavy atom. The van der Waals surface area contributed by atoms with Crippen LogP contribution >= 0.6 is 0 Å². The van der Waals surface area contributed by atoms with Gasteiger partial charge in [-0.3, -0.25) is 9.59 Å². The minimum Gasteiger partial charge on any atom is -0.476 e. The van der Waals surface area contributed by atoms with Crippen LogP contribution in [0.3, 0.4) is 0 Å². The average molecular weight is 246 g/mol. The summed E-state index contributed by atoms with van der Waals surface area (Å²) in [5.74, 6) is 1.34. The molecule has 1 aliphatic carbocycles. The molecule has 1 aliphatic heterocycles. The van der Waals surface area contributed by atoms with Gasteiger partial charge in [0.25, 0.3) is 5.91 Å². The van der Waals surface area contributed by atoms with Crippen LogP contribution in [0.1, 0.15) is 25.7 Å².